The summed E-state index contributed by atoms with van der Waals surface area (Å²) < 4.78 is 13.3. The van der Waals surface area contributed by atoms with E-state index in [9.17, 15) is 4.39 Å². The van der Waals surface area contributed by atoms with Crippen molar-refractivity contribution in [1.82, 2.24) is 4.98 Å². The van der Waals surface area contributed by atoms with E-state index in [1.807, 2.05) is 43.3 Å². The van der Waals surface area contributed by atoms with E-state index in [0.717, 1.165) is 27.6 Å². The summed E-state index contributed by atoms with van der Waals surface area (Å²) in [5.41, 5.74) is 2.81. The predicted octanol–water partition coefficient (Wildman–Crippen LogP) is 4.85. The Morgan fingerprint density at radius 2 is 1.85 bits per heavy atom. The molecule has 0 radical (unpaired) electrons. The largest absolute Gasteiger partial charge is 0.256 e. The zero-order chi connectivity index (χ0) is 13.9. The summed E-state index contributed by atoms with van der Waals surface area (Å²) in [5.74, 6) is -0.221. The lowest BCUT2D eigenvalue weighted by Crippen LogP contribution is -1.85. The minimum atomic E-state index is -0.221. The van der Waals surface area contributed by atoms with Gasteiger partial charge in [0.15, 0.2) is 0 Å². The highest BCUT2D eigenvalue weighted by atomic mass is 19.1. The van der Waals surface area contributed by atoms with Crippen molar-refractivity contribution in [1.29, 1.82) is 0 Å². The third kappa shape index (κ3) is 2.45. The molecule has 0 N–H and O–H groups in total. The van der Waals surface area contributed by atoms with E-state index in [4.69, 9.17) is 0 Å². The third-order valence-electron chi connectivity index (χ3n) is 3.37. The highest BCUT2D eigenvalue weighted by molar-refractivity contribution is 5.91. The van der Waals surface area contributed by atoms with Gasteiger partial charge in [-0.25, -0.2) is 4.39 Å². The number of nitrogens with zero attached hydrogens (tertiary/aromatic N) is 1. The van der Waals surface area contributed by atoms with E-state index in [1.54, 1.807) is 12.3 Å². The van der Waals surface area contributed by atoms with E-state index in [1.165, 1.54) is 12.1 Å². The average molecular weight is 263 g/mol. The highest BCUT2D eigenvalue weighted by Crippen LogP contribution is 2.19. The van der Waals surface area contributed by atoms with Gasteiger partial charge in [0.25, 0.3) is 0 Å². The van der Waals surface area contributed by atoms with Crippen LogP contribution in [0.1, 0.15) is 16.8 Å². The van der Waals surface area contributed by atoms with Gasteiger partial charge >= 0.3 is 0 Å². The minimum absolute atomic E-state index is 0.221. The SMILES string of the molecule is Cc1ccc(F)cc1/C=C/c1nccc2ccccc12. The van der Waals surface area contributed by atoms with Crippen molar-refractivity contribution < 1.29 is 4.39 Å². The number of benzene rings is 2. The molecule has 3 aromatic rings. The molecule has 98 valence electrons. The molecule has 2 aromatic carbocycles. The first-order valence-corrected chi connectivity index (χ1v) is 6.52. The first-order valence-electron chi connectivity index (χ1n) is 6.52. The summed E-state index contributed by atoms with van der Waals surface area (Å²) in [6.07, 6.45) is 5.64. The van der Waals surface area contributed by atoms with Gasteiger partial charge in [0.05, 0.1) is 5.69 Å². The molecule has 3 rings (SSSR count). The van der Waals surface area contributed by atoms with Crippen LogP contribution in [-0.4, -0.2) is 4.98 Å². The van der Waals surface area contributed by atoms with Crippen molar-refractivity contribution in [3.63, 3.8) is 0 Å². The normalized spacial score (nSPS) is 11.3. The van der Waals surface area contributed by atoms with Gasteiger partial charge in [0.2, 0.25) is 0 Å². The third-order valence-corrected chi connectivity index (χ3v) is 3.37. The molecule has 0 amide bonds. The summed E-state index contributed by atoms with van der Waals surface area (Å²) in [6.45, 7) is 1.97. The number of halogens is 1. The second-order valence-electron chi connectivity index (χ2n) is 4.75. The van der Waals surface area contributed by atoms with Gasteiger partial charge in [-0.15, -0.1) is 0 Å². The quantitative estimate of drug-likeness (QED) is 0.644. The fraction of sp³-hybridized carbons (Fsp3) is 0.0556. The van der Waals surface area contributed by atoms with Gasteiger partial charge in [-0.3, -0.25) is 4.98 Å². The number of fused-ring (bicyclic) bond motifs is 1. The smallest absolute Gasteiger partial charge is 0.123 e. The van der Waals surface area contributed by atoms with Crippen LogP contribution < -0.4 is 0 Å². The Morgan fingerprint density at radius 1 is 1.00 bits per heavy atom. The van der Waals surface area contributed by atoms with E-state index in [-0.39, 0.29) is 5.82 Å². The highest BCUT2D eigenvalue weighted by Gasteiger charge is 2.00. The molecule has 0 aliphatic heterocycles. The molecule has 0 unspecified atom stereocenters. The molecule has 0 saturated heterocycles. The summed E-state index contributed by atoms with van der Waals surface area (Å²) in [5, 5.41) is 2.25. The molecule has 20 heavy (non-hydrogen) atoms. The number of hydrogen-bond donors (Lipinski definition) is 0. The van der Waals surface area contributed by atoms with Crippen molar-refractivity contribution in [3.05, 3.63) is 77.4 Å². The number of rotatable bonds is 2. The Labute approximate surface area is 117 Å². The lowest BCUT2D eigenvalue weighted by molar-refractivity contribution is 0.627. The zero-order valence-corrected chi connectivity index (χ0v) is 11.2. The second-order valence-corrected chi connectivity index (χ2v) is 4.75. The molecule has 1 aromatic heterocycles. The van der Waals surface area contributed by atoms with E-state index < -0.39 is 0 Å². The van der Waals surface area contributed by atoms with Crippen LogP contribution >= 0.6 is 0 Å². The fourth-order valence-electron chi connectivity index (χ4n) is 2.24. The summed E-state index contributed by atoms with van der Waals surface area (Å²) in [7, 11) is 0. The van der Waals surface area contributed by atoms with E-state index >= 15 is 0 Å². The van der Waals surface area contributed by atoms with Crippen molar-refractivity contribution >= 4 is 22.9 Å². The topological polar surface area (TPSA) is 12.9 Å². The predicted molar refractivity (Wildman–Crippen MR) is 81.8 cm³/mol. The Bertz CT molecular complexity index is 785. The van der Waals surface area contributed by atoms with Crippen LogP contribution in [0, 0.1) is 12.7 Å². The molecule has 1 heterocycles. The van der Waals surface area contributed by atoms with E-state index in [0.29, 0.717) is 0 Å². The summed E-state index contributed by atoms with van der Waals surface area (Å²) >= 11 is 0. The average Bonchev–Trinajstić information content (AvgIpc) is 2.48. The maximum atomic E-state index is 13.3. The van der Waals surface area contributed by atoms with Crippen LogP contribution in [0.15, 0.2) is 54.7 Å². The molecule has 0 aliphatic carbocycles. The molecule has 0 bridgehead atoms. The Morgan fingerprint density at radius 3 is 2.75 bits per heavy atom. The van der Waals surface area contributed by atoms with Crippen LogP contribution in [0.5, 0.6) is 0 Å². The second kappa shape index (κ2) is 5.25. The number of pyridine rings is 1. The molecule has 0 atom stereocenters. The Balaban J connectivity index is 2.05. The molecule has 1 nitrogen and oxygen atoms in total. The lowest BCUT2D eigenvalue weighted by Gasteiger charge is -2.02. The van der Waals surface area contributed by atoms with Crippen LogP contribution in [0.4, 0.5) is 4.39 Å². The van der Waals surface area contributed by atoms with Crippen LogP contribution in [0.25, 0.3) is 22.9 Å². The van der Waals surface area contributed by atoms with Crippen LogP contribution in [0.3, 0.4) is 0 Å². The number of aryl methyl sites for hydroxylation is 1. The van der Waals surface area contributed by atoms with Crippen molar-refractivity contribution in [2.75, 3.05) is 0 Å². The van der Waals surface area contributed by atoms with Gasteiger partial charge in [0.1, 0.15) is 5.82 Å². The van der Waals surface area contributed by atoms with Crippen molar-refractivity contribution in [2.45, 2.75) is 6.92 Å². The molecule has 0 spiro atoms. The van der Waals surface area contributed by atoms with Gasteiger partial charge < -0.3 is 0 Å². The fourth-order valence-corrected chi connectivity index (χ4v) is 2.24. The van der Waals surface area contributed by atoms with Crippen molar-refractivity contribution in [2.24, 2.45) is 0 Å². The number of aromatic nitrogens is 1. The maximum Gasteiger partial charge on any atom is 0.123 e. The standard InChI is InChI=1S/C18H14FN/c1-13-6-8-16(19)12-15(13)7-9-18-17-5-3-2-4-14(17)10-11-20-18/h2-12H,1H3/b9-7+. The van der Waals surface area contributed by atoms with E-state index in [2.05, 4.69) is 11.1 Å². The van der Waals surface area contributed by atoms with Gasteiger partial charge in [-0.1, -0.05) is 36.4 Å². The first kappa shape index (κ1) is 12.5. The Kier molecular flexibility index (Phi) is 3.30. The van der Waals surface area contributed by atoms with Crippen LogP contribution in [0.2, 0.25) is 0 Å². The molecule has 0 fully saturated rings. The zero-order valence-electron chi connectivity index (χ0n) is 11.2. The van der Waals surface area contributed by atoms with Crippen LogP contribution in [-0.2, 0) is 0 Å². The summed E-state index contributed by atoms with van der Waals surface area (Å²) in [6, 6.07) is 14.9. The molecule has 2 heteroatoms. The minimum Gasteiger partial charge on any atom is -0.256 e. The Hall–Kier alpha value is -2.48. The molecule has 0 aliphatic rings. The maximum absolute atomic E-state index is 13.3. The summed E-state index contributed by atoms with van der Waals surface area (Å²) in [4.78, 5) is 4.39. The van der Waals surface area contributed by atoms with Crippen molar-refractivity contribution in [3.8, 4) is 0 Å². The number of hydrogen-bond acceptors (Lipinski definition) is 1. The first-order chi connectivity index (χ1) is 9.74. The lowest BCUT2D eigenvalue weighted by atomic mass is 10.1. The monoisotopic (exact) mass is 263 g/mol. The molecular formula is C18H14FN. The van der Waals surface area contributed by atoms with Gasteiger partial charge in [-0.05, 0) is 47.7 Å². The van der Waals surface area contributed by atoms with Gasteiger partial charge in [-0.2, -0.15) is 0 Å². The van der Waals surface area contributed by atoms with Gasteiger partial charge in [0, 0.05) is 11.6 Å². The molecule has 0 saturated carbocycles. The molecular weight excluding hydrogens is 249 g/mol.